The SMILES string of the molecule is CCCN(CC(=O)N(CCC#N)c1ccccc1)Cc1ccccc1. The smallest absolute Gasteiger partial charge is 0.241 e. The van der Waals surface area contributed by atoms with E-state index in [1.54, 1.807) is 4.90 Å². The normalized spacial score (nSPS) is 10.4. The molecule has 0 aliphatic heterocycles. The third kappa shape index (κ3) is 6.06. The standard InChI is InChI=1S/C21H25N3O/c1-2-15-23(17-19-10-5-3-6-11-19)18-21(25)24(16-9-14-22)20-12-7-4-8-13-20/h3-8,10-13H,2,9,15-18H2,1H3. The first-order chi connectivity index (χ1) is 12.2. The van der Waals surface area contributed by atoms with E-state index < -0.39 is 0 Å². The fourth-order valence-corrected chi connectivity index (χ4v) is 2.82. The van der Waals surface area contributed by atoms with Crippen LogP contribution in [0.25, 0.3) is 0 Å². The average molecular weight is 335 g/mol. The molecule has 25 heavy (non-hydrogen) atoms. The molecule has 4 heteroatoms. The zero-order valence-corrected chi connectivity index (χ0v) is 14.8. The minimum absolute atomic E-state index is 0.0332. The Hall–Kier alpha value is -2.64. The third-order valence-electron chi connectivity index (χ3n) is 3.96. The molecule has 0 unspecified atom stereocenters. The number of carbonyl (C=O) groups is 1. The molecule has 0 aromatic heterocycles. The predicted octanol–water partition coefficient (Wildman–Crippen LogP) is 3.85. The summed E-state index contributed by atoms with van der Waals surface area (Å²) in [6, 6.07) is 21.9. The number of para-hydroxylation sites is 1. The van der Waals surface area contributed by atoms with E-state index in [9.17, 15) is 4.79 Å². The van der Waals surface area contributed by atoms with Gasteiger partial charge in [0, 0.05) is 18.8 Å². The van der Waals surface area contributed by atoms with Gasteiger partial charge in [-0.05, 0) is 30.7 Å². The minimum atomic E-state index is 0.0332. The summed E-state index contributed by atoms with van der Waals surface area (Å²) in [4.78, 5) is 16.8. The molecule has 130 valence electrons. The van der Waals surface area contributed by atoms with Gasteiger partial charge in [0.15, 0.2) is 0 Å². The highest BCUT2D eigenvalue weighted by atomic mass is 16.2. The van der Waals surface area contributed by atoms with E-state index in [1.165, 1.54) is 5.56 Å². The summed E-state index contributed by atoms with van der Waals surface area (Å²) in [5.41, 5.74) is 2.05. The molecule has 0 atom stereocenters. The summed E-state index contributed by atoms with van der Waals surface area (Å²) >= 11 is 0. The van der Waals surface area contributed by atoms with E-state index >= 15 is 0 Å². The number of nitrogens with zero attached hydrogens (tertiary/aromatic N) is 3. The van der Waals surface area contributed by atoms with Crippen molar-refractivity contribution in [2.75, 3.05) is 24.5 Å². The predicted molar refractivity (Wildman–Crippen MR) is 101 cm³/mol. The van der Waals surface area contributed by atoms with Gasteiger partial charge >= 0.3 is 0 Å². The number of amides is 1. The molecule has 0 aliphatic rings. The summed E-state index contributed by atoms with van der Waals surface area (Å²) in [6.45, 7) is 4.50. The molecule has 1 amide bonds. The van der Waals surface area contributed by atoms with Gasteiger partial charge in [-0.15, -0.1) is 0 Å². The lowest BCUT2D eigenvalue weighted by molar-refractivity contribution is -0.119. The van der Waals surface area contributed by atoms with Gasteiger partial charge in [0.1, 0.15) is 0 Å². The van der Waals surface area contributed by atoms with Crippen LogP contribution in [0.3, 0.4) is 0 Å². The van der Waals surface area contributed by atoms with E-state index in [0.29, 0.717) is 19.5 Å². The van der Waals surface area contributed by atoms with Gasteiger partial charge < -0.3 is 4.90 Å². The molecule has 2 aromatic carbocycles. The van der Waals surface area contributed by atoms with Crippen LogP contribution in [0.4, 0.5) is 5.69 Å². The molecule has 0 N–H and O–H groups in total. The Kier molecular flexibility index (Phi) is 7.68. The van der Waals surface area contributed by atoms with Crippen LogP contribution in [0, 0.1) is 11.3 Å². The number of hydrogen-bond donors (Lipinski definition) is 0. The fourth-order valence-electron chi connectivity index (χ4n) is 2.82. The number of anilines is 1. The number of carbonyl (C=O) groups excluding carboxylic acids is 1. The highest BCUT2D eigenvalue weighted by molar-refractivity contribution is 5.94. The molecule has 0 saturated heterocycles. The minimum Gasteiger partial charge on any atom is -0.310 e. The van der Waals surface area contributed by atoms with Crippen LogP contribution in [0.1, 0.15) is 25.3 Å². The highest BCUT2D eigenvalue weighted by Gasteiger charge is 2.18. The first kappa shape index (κ1) is 18.7. The summed E-state index contributed by atoms with van der Waals surface area (Å²) in [7, 11) is 0. The van der Waals surface area contributed by atoms with Crippen LogP contribution in [-0.2, 0) is 11.3 Å². The van der Waals surface area contributed by atoms with Crippen molar-refractivity contribution in [2.24, 2.45) is 0 Å². The molecule has 2 aromatic rings. The van der Waals surface area contributed by atoms with Crippen molar-refractivity contribution in [3.05, 3.63) is 66.2 Å². The quantitative estimate of drug-likeness (QED) is 0.699. The van der Waals surface area contributed by atoms with Crippen LogP contribution in [-0.4, -0.2) is 30.4 Å². The lowest BCUT2D eigenvalue weighted by atomic mass is 10.2. The molecular formula is C21H25N3O. The summed E-state index contributed by atoms with van der Waals surface area (Å²) < 4.78 is 0. The molecule has 2 rings (SSSR count). The Morgan fingerprint density at radius 1 is 1.00 bits per heavy atom. The molecule has 0 fully saturated rings. The Morgan fingerprint density at radius 3 is 2.24 bits per heavy atom. The monoisotopic (exact) mass is 335 g/mol. The summed E-state index contributed by atoms with van der Waals surface area (Å²) in [5.74, 6) is 0.0332. The van der Waals surface area contributed by atoms with Crippen molar-refractivity contribution >= 4 is 11.6 Å². The highest BCUT2D eigenvalue weighted by Crippen LogP contribution is 2.15. The fraction of sp³-hybridized carbons (Fsp3) is 0.333. The van der Waals surface area contributed by atoms with Crippen molar-refractivity contribution in [1.29, 1.82) is 5.26 Å². The molecule has 0 bridgehead atoms. The lowest BCUT2D eigenvalue weighted by Gasteiger charge is -2.27. The van der Waals surface area contributed by atoms with Gasteiger partial charge in [-0.2, -0.15) is 5.26 Å². The van der Waals surface area contributed by atoms with Gasteiger partial charge in [0.2, 0.25) is 5.91 Å². The Morgan fingerprint density at radius 2 is 1.64 bits per heavy atom. The molecule has 0 radical (unpaired) electrons. The summed E-state index contributed by atoms with van der Waals surface area (Å²) in [6.07, 6.45) is 1.32. The number of nitriles is 1. The van der Waals surface area contributed by atoms with Crippen LogP contribution in [0.15, 0.2) is 60.7 Å². The zero-order chi connectivity index (χ0) is 17.9. The maximum absolute atomic E-state index is 12.9. The van der Waals surface area contributed by atoms with Crippen LogP contribution in [0.5, 0.6) is 0 Å². The van der Waals surface area contributed by atoms with Gasteiger partial charge in [0.05, 0.1) is 19.0 Å². The van der Waals surface area contributed by atoms with E-state index in [-0.39, 0.29) is 5.91 Å². The van der Waals surface area contributed by atoms with Gasteiger partial charge in [-0.25, -0.2) is 0 Å². The van der Waals surface area contributed by atoms with E-state index in [1.807, 2.05) is 48.5 Å². The molecule has 4 nitrogen and oxygen atoms in total. The largest absolute Gasteiger partial charge is 0.310 e. The Bertz CT molecular complexity index is 679. The van der Waals surface area contributed by atoms with Crippen LogP contribution < -0.4 is 4.90 Å². The van der Waals surface area contributed by atoms with Crippen molar-refractivity contribution in [3.8, 4) is 6.07 Å². The second kappa shape index (κ2) is 10.3. The van der Waals surface area contributed by atoms with Gasteiger partial charge in [-0.3, -0.25) is 9.69 Å². The molecule has 0 saturated carbocycles. The third-order valence-corrected chi connectivity index (χ3v) is 3.96. The molecular weight excluding hydrogens is 310 g/mol. The first-order valence-electron chi connectivity index (χ1n) is 8.73. The molecule has 0 aliphatic carbocycles. The lowest BCUT2D eigenvalue weighted by Crippen LogP contribution is -2.41. The van der Waals surface area contributed by atoms with Crippen molar-refractivity contribution in [2.45, 2.75) is 26.3 Å². The number of rotatable bonds is 9. The van der Waals surface area contributed by atoms with Gasteiger partial charge in [-0.1, -0.05) is 55.5 Å². The maximum Gasteiger partial charge on any atom is 0.241 e. The average Bonchev–Trinajstić information content (AvgIpc) is 2.64. The Labute approximate surface area is 150 Å². The summed E-state index contributed by atoms with van der Waals surface area (Å²) in [5, 5.41) is 8.91. The maximum atomic E-state index is 12.9. The molecule has 0 heterocycles. The number of hydrogen-bond acceptors (Lipinski definition) is 3. The van der Waals surface area contributed by atoms with Crippen LogP contribution in [0.2, 0.25) is 0 Å². The van der Waals surface area contributed by atoms with Gasteiger partial charge in [0.25, 0.3) is 0 Å². The van der Waals surface area contributed by atoms with Crippen molar-refractivity contribution in [3.63, 3.8) is 0 Å². The van der Waals surface area contributed by atoms with E-state index in [4.69, 9.17) is 5.26 Å². The first-order valence-corrected chi connectivity index (χ1v) is 8.73. The van der Waals surface area contributed by atoms with E-state index in [2.05, 4.69) is 30.0 Å². The second-order valence-electron chi connectivity index (χ2n) is 5.99. The second-order valence-corrected chi connectivity index (χ2v) is 5.99. The number of benzene rings is 2. The van der Waals surface area contributed by atoms with E-state index in [0.717, 1.165) is 25.2 Å². The molecule has 0 spiro atoms. The zero-order valence-electron chi connectivity index (χ0n) is 14.8. The Balaban J connectivity index is 2.09. The van der Waals surface area contributed by atoms with Crippen LogP contribution >= 0.6 is 0 Å². The van der Waals surface area contributed by atoms with Crippen molar-refractivity contribution in [1.82, 2.24) is 4.90 Å². The van der Waals surface area contributed by atoms with Crippen molar-refractivity contribution < 1.29 is 4.79 Å². The topological polar surface area (TPSA) is 47.3 Å².